The van der Waals surface area contributed by atoms with Gasteiger partial charge in [0.25, 0.3) is 5.91 Å². The standard InChI is InChI=1S/C15H20F2N2O2.ClH/c1-21-7-6-19-15(20)11-8-12(14(17)13(16)9-11)10-2-4-18-5-3-10;/h8-10,18H,2-7H2,1H3,(H,19,20);1H. The molecule has 1 aromatic rings. The van der Waals surface area contributed by atoms with Gasteiger partial charge in [0.05, 0.1) is 6.61 Å². The summed E-state index contributed by atoms with van der Waals surface area (Å²) < 4.78 is 32.6. The molecule has 0 aromatic heterocycles. The van der Waals surface area contributed by atoms with Crippen molar-refractivity contribution in [3.8, 4) is 0 Å². The monoisotopic (exact) mass is 334 g/mol. The third-order valence-electron chi connectivity index (χ3n) is 3.69. The summed E-state index contributed by atoms with van der Waals surface area (Å²) in [6.07, 6.45) is 1.48. The van der Waals surface area contributed by atoms with Crippen molar-refractivity contribution < 1.29 is 18.3 Å². The number of benzene rings is 1. The topological polar surface area (TPSA) is 50.4 Å². The Balaban J connectivity index is 0.00000242. The number of hydrogen-bond donors (Lipinski definition) is 2. The van der Waals surface area contributed by atoms with Crippen molar-refractivity contribution in [1.29, 1.82) is 0 Å². The van der Waals surface area contributed by atoms with Crippen LogP contribution in [0.2, 0.25) is 0 Å². The number of carbonyl (C=O) groups is 1. The van der Waals surface area contributed by atoms with Crippen LogP contribution in [-0.4, -0.2) is 39.3 Å². The summed E-state index contributed by atoms with van der Waals surface area (Å²) >= 11 is 0. The van der Waals surface area contributed by atoms with Crippen LogP contribution in [0.15, 0.2) is 12.1 Å². The van der Waals surface area contributed by atoms with Gasteiger partial charge in [-0.3, -0.25) is 4.79 Å². The SMILES string of the molecule is COCCNC(=O)c1cc(F)c(F)c(C2CCNCC2)c1.Cl. The Bertz CT molecular complexity index is 509. The van der Waals surface area contributed by atoms with Crippen molar-refractivity contribution >= 4 is 18.3 Å². The maximum Gasteiger partial charge on any atom is 0.251 e. The van der Waals surface area contributed by atoms with E-state index in [4.69, 9.17) is 4.74 Å². The zero-order chi connectivity index (χ0) is 15.2. The molecule has 0 unspecified atom stereocenters. The second-order valence-electron chi connectivity index (χ2n) is 5.13. The zero-order valence-electron chi connectivity index (χ0n) is 12.5. The Labute approximate surface area is 135 Å². The predicted octanol–water partition coefficient (Wildman–Crippen LogP) is 2.23. The van der Waals surface area contributed by atoms with Gasteiger partial charge in [-0.15, -0.1) is 12.4 Å². The van der Waals surface area contributed by atoms with Gasteiger partial charge >= 0.3 is 0 Å². The summed E-state index contributed by atoms with van der Waals surface area (Å²) in [6.45, 7) is 2.25. The first-order valence-electron chi connectivity index (χ1n) is 7.10. The molecule has 1 saturated heterocycles. The summed E-state index contributed by atoms with van der Waals surface area (Å²) in [5.74, 6) is -2.27. The average molecular weight is 335 g/mol. The lowest BCUT2D eigenvalue weighted by molar-refractivity contribution is 0.0936. The number of amides is 1. The number of halogens is 3. The molecule has 7 heteroatoms. The highest BCUT2D eigenvalue weighted by Gasteiger charge is 2.23. The van der Waals surface area contributed by atoms with Crippen LogP contribution in [0.4, 0.5) is 8.78 Å². The Morgan fingerprint density at radius 1 is 1.36 bits per heavy atom. The lowest BCUT2D eigenvalue weighted by Gasteiger charge is -2.24. The highest BCUT2D eigenvalue weighted by molar-refractivity contribution is 5.94. The molecular weight excluding hydrogens is 314 g/mol. The molecule has 1 aliphatic rings. The van der Waals surface area contributed by atoms with Gasteiger partial charge in [-0.2, -0.15) is 0 Å². The Morgan fingerprint density at radius 3 is 2.68 bits per heavy atom. The van der Waals surface area contributed by atoms with Gasteiger partial charge in [-0.1, -0.05) is 0 Å². The zero-order valence-corrected chi connectivity index (χ0v) is 13.3. The van der Waals surface area contributed by atoms with E-state index in [1.807, 2.05) is 0 Å². The van der Waals surface area contributed by atoms with Gasteiger partial charge in [0.15, 0.2) is 11.6 Å². The van der Waals surface area contributed by atoms with Gasteiger partial charge in [-0.25, -0.2) is 8.78 Å². The summed E-state index contributed by atoms with van der Waals surface area (Å²) in [4.78, 5) is 11.9. The van der Waals surface area contributed by atoms with Gasteiger partial charge in [-0.05, 0) is 49.5 Å². The third kappa shape index (κ3) is 4.63. The fourth-order valence-corrected chi connectivity index (χ4v) is 2.54. The lowest BCUT2D eigenvalue weighted by Crippen LogP contribution is -2.29. The first-order chi connectivity index (χ1) is 10.1. The van der Waals surface area contributed by atoms with E-state index in [2.05, 4.69) is 10.6 Å². The molecule has 0 bridgehead atoms. The van der Waals surface area contributed by atoms with Crippen LogP contribution in [0.3, 0.4) is 0 Å². The molecular formula is C15H21ClF2N2O2. The minimum absolute atomic E-state index is 0. The number of nitrogens with one attached hydrogen (secondary N) is 2. The molecule has 0 aliphatic carbocycles. The first kappa shape index (κ1) is 18.8. The van der Waals surface area contributed by atoms with E-state index in [1.165, 1.54) is 13.2 Å². The van der Waals surface area contributed by atoms with Crippen molar-refractivity contribution in [3.05, 3.63) is 34.9 Å². The fraction of sp³-hybridized carbons (Fsp3) is 0.533. The molecule has 0 radical (unpaired) electrons. The van der Waals surface area contributed by atoms with Crippen molar-refractivity contribution in [2.75, 3.05) is 33.4 Å². The van der Waals surface area contributed by atoms with Crippen LogP contribution >= 0.6 is 12.4 Å². The highest BCUT2D eigenvalue weighted by Crippen LogP contribution is 2.29. The number of piperidine rings is 1. The molecule has 4 nitrogen and oxygen atoms in total. The molecule has 2 rings (SSSR count). The minimum Gasteiger partial charge on any atom is -0.383 e. The quantitative estimate of drug-likeness (QED) is 0.812. The summed E-state index contributed by atoms with van der Waals surface area (Å²) in [5, 5.41) is 5.79. The van der Waals surface area contributed by atoms with Crippen LogP contribution in [0.5, 0.6) is 0 Å². The largest absolute Gasteiger partial charge is 0.383 e. The van der Waals surface area contributed by atoms with Gasteiger partial charge < -0.3 is 15.4 Å². The molecule has 124 valence electrons. The van der Waals surface area contributed by atoms with Gasteiger partial charge in [0, 0.05) is 19.2 Å². The Kier molecular flexibility index (Phi) is 7.72. The molecule has 22 heavy (non-hydrogen) atoms. The number of methoxy groups -OCH3 is 1. The maximum atomic E-state index is 14.0. The fourth-order valence-electron chi connectivity index (χ4n) is 2.54. The second-order valence-corrected chi connectivity index (χ2v) is 5.13. The van der Waals surface area contributed by atoms with Crippen molar-refractivity contribution in [2.45, 2.75) is 18.8 Å². The lowest BCUT2D eigenvalue weighted by atomic mass is 9.88. The van der Waals surface area contributed by atoms with Crippen molar-refractivity contribution in [3.63, 3.8) is 0 Å². The summed E-state index contributed by atoms with van der Waals surface area (Å²) in [7, 11) is 1.53. The molecule has 1 amide bonds. The maximum absolute atomic E-state index is 14.0. The first-order valence-corrected chi connectivity index (χ1v) is 7.10. The van der Waals surface area contributed by atoms with Crippen LogP contribution in [0.25, 0.3) is 0 Å². The van der Waals surface area contributed by atoms with Crippen LogP contribution in [0, 0.1) is 11.6 Å². The highest BCUT2D eigenvalue weighted by atomic mass is 35.5. The van der Waals surface area contributed by atoms with Gasteiger partial charge in [0.2, 0.25) is 0 Å². The molecule has 2 N–H and O–H groups in total. The van der Waals surface area contributed by atoms with E-state index >= 15 is 0 Å². The molecule has 1 aromatic carbocycles. The summed E-state index contributed by atoms with van der Waals surface area (Å²) in [5.41, 5.74) is 0.451. The van der Waals surface area contributed by atoms with E-state index in [9.17, 15) is 13.6 Å². The van der Waals surface area contributed by atoms with E-state index in [0.29, 0.717) is 18.7 Å². The molecule has 0 atom stereocenters. The normalized spacial score (nSPS) is 15.2. The van der Waals surface area contributed by atoms with Crippen LogP contribution in [-0.2, 0) is 4.74 Å². The summed E-state index contributed by atoms with van der Waals surface area (Å²) in [6, 6.07) is 2.42. The van der Waals surface area contributed by atoms with E-state index in [0.717, 1.165) is 32.0 Å². The Morgan fingerprint density at radius 2 is 2.05 bits per heavy atom. The minimum atomic E-state index is -0.970. The smallest absolute Gasteiger partial charge is 0.251 e. The predicted molar refractivity (Wildman–Crippen MR) is 82.7 cm³/mol. The van der Waals surface area contributed by atoms with E-state index < -0.39 is 17.5 Å². The molecule has 0 spiro atoms. The number of rotatable bonds is 5. The number of ether oxygens (including phenoxy) is 1. The van der Waals surface area contributed by atoms with Crippen molar-refractivity contribution in [1.82, 2.24) is 10.6 Å². The van der Waals surface area contributed by atoms with Crippen molar-refractivity contribution in [2.24, 2.45) is 0 Å². The molecule has 1 fully saturated rings. The number of carbonyl (C=O) groups excluding carboxylic acids is 1. The third-order valence-corrected chi connectivity index (χ3v) is 3.69. The van der Waals surface area contributed by atoms with Gasteiger partial charge in [0.1, 0.15) is 0 Å². The second kappa shape index (κ2) is 9.02. The Hall–Kier alpha value is -1.24. The molecule has 0 saturated carbocycles. The van der Waals surface area contributed by atoms with Crippen LogP contribution in [0.1, 0.15) is 34.7 Å². The molecule has 1 aliphatic heterocycles. The number of hydrogen-bond acceptors (Lipinski definition) is 3. The molecule has 1 heterocycles. The van der Waals surface area contributed by atoms with E-state index in [-0.39, 0.29) is 23.9 Å². The average Bonchev–Trinajstić information content (AvgIpc) is 2.51. The van der Waals surface area contributed by atoms with Crippen LogP contribution < -0.4 is 10.6 Å². The van der Waals surface area contributed by atoms with E-state index in [1.54, 1.807) is 0 Å².